The highest BCUT2D eigenvalue weighted by Crippen LogP contribution is 2.10. The fraction of sp³-hybridized carbons (Fsp3) is 0.533. The number of benzene rings is 1. The molecule has 7 heteroatoms. The second-order valence-corrected chi connectivity index (χ2v) is 6.09. The number of hydrogen-bond acceptors (Lipinski definition) is 4. The molecule has 22 heavy (non-hydrogen) atoms. The zero-order valence-corrected chi connectivity index (χ0v) is 13.9. The van der Waals surface area contributed by atoms with Crippen molar-refractivity contribution in [3.8, 4) is 0 Å². The molecule has 0 saturated heterocycles. The number of hydrogen-bond donors (Lipinski definition) is 3. The first-order valence-corrected chi connectivity index (χ1v) is 8.68. The lowest BCUT2D eigenvalue weighted by Gasteiger charge is -2.14. The van der Waals surface area contributed by atoms with Gasteiger partial charge < -0.3 is 20.5 Å². The van der Waals surface area contributed by atoms with Crippen molar-refractivity contribution in [3.63, 3.8) is 0 Å². The number of carbonyl (C=O) groups excluding carboxylic acids is 1. The lowest BCUT2D eigenvalue weighted by Crippen LogP contribution is -2.40. The predicted molar refractivity (Wildman–Crippen MR) is 88.2 cm³/mol. The number of nitrogens with one attached hydrogen (secondary N) is 3. The van der Waals surface area contributed by atoms with E-state index in [1.54, 1.807) is 6.07 Å². The molecule has 0 aliphatic heterocycles. The van der Waals surface area contributed by atoms with Gasteiger partial charge in [-0.05, 0) is 42.1 Å². The van der Waals surface area contributed by atoms with Gasteiger partial charge >= 0.3 is 6.03 Å². The van der Waals surface area contributed by atoms with Crippen LogP contribution >= 0.6 is 0 Å². The normalized spacial score (nSPS) is 13.2. The monoisotopic (exact) mass is 326 g/mol. The van der Waals surface area contributed by atoms with E-state index < -0.39 is 11.1 Å². The average Bonchev–Trinajstić information content (AvgIpc) is 2.49. The van der Waals surface area contributed by atoms with Crippen molar-refractivity contribution in [2.45, 2.75) is 45.7 Å². The Morgan fingerprint density at radius 3 is 2.86 bits per heavy atom. The predicted octanol–water partition coefficient (Wildman–Crippen LogP) is 2.31. The van der Waals surface area contributed by atoms with Gasteiger partial charge in [-0.3, -0.25) is 4.21 Å². The number of carbonyl (C=O) groups is 1. The summed E-state index contributed by atoms with van der Waals surface area (Å²) in [5.41, 5.74) is 1.61. The Bertz CT molecular complexity index is 497. The molecule has 0 heterocycles. The van der Waals surface area contributed by atoms with Crippen LogP contribution in [0.5, 0.6) is 0 Å². The zero-order chi connectivity index (χ0) is 16.4. The Labute approximate surface area is 134 Å². The lowest BCUT2D eigenvalue weighted by molar-refractivity contribution is 0.236. The van der Waals surface area contributed by atoms with E-state index in [9.17, 15) is 13.6 Å². The Morgan fingerprint density at radius 2 is 2.18 bits per heavy atom. The molecule has 3 N–H and O–H groups in total. The standard InChI is InChI=1S/C15H25N3O3S/c1-3-4-6-12(2)18-15(19)16-10-13-7-5-8-14(9-13)17-11-22(20)21/h5,7-9,12,17H,3-4,6,10-11H2,1-2H3,(H,20,21)(H2,16,18,19)/p-1/t12-/m0/s1. The van der Waals surface area contributed by atoms with E-state index in [0.717, 1.165) is 24.8 Å². The van der Waals surface area contributed by atoms with Gasteiger partial charge in [0.2, 0.25) is 0 Å². The number of anilines is 1. The Balaban J connectivity index is 2.38. The van der Waals surface area contributed by atoms with E-state index >= 15 is 0 Å². The quantitative estimate of drug-likeness (QED) is 0.607. The molecule has 0 fully saturated rings. The second kappa shape index (κ2) is 10.2. The van der Waals surface area contributed by atoms with E-state index in [1.807, 2.05) is 25.1 Å². The van der Waals surface area contributed by atoms with Crippen LogP contribution in [0.25, 0.3) is 0 Å². The topological polar surface area (TPSA) is 93.3 Å². The highest BCUT2D eigenvalue weighted by atomic mass is 32.2. The van der Waals surface area contributed by atoms with Crippen molar-refractivity contribution in [2.75, 3.05) is 11.2 Å². The summed E-state index contributed by atoms with van der Waals surface area (Å²) in [7, 11) is 0. The minimum Gasteiger partial charge on any atom is -0.771 e. The molecule has 6 nitrogen and oxygen atoms in total. The summed E-state index contributed by atoms with van der Waals surface area (Å²) >= 11 is -2.13. The summed E-state index contributed by atoms with van der Waals surface area (Å²) in [4.78, 5) is 11.8. The molecule has 0 radical (unpaired) electrons. The van der Waals surface area contributed by atoms with E-state index in [4.69, 9.17) is 0 Å². The minimum atomic E-state index is -2.13. The second-order valence-electron chi connectivity index (χ2n) is 5.20. The van der Waals surface area contributed by atoms with Crippen molar-refractivity contribution in [1.29, 1.82) is 0 Å². The van der Waals surface area contributed by atoms with Crippen LogP contribution in [0.2, 0.25) is 0 Å². The largest absolute Gasteiger partial charge is 0.771 e. The molecular formula is C15H24N3O3S-. The minimum absolute atomic E-state index is 0.133. The van der Waals surface area contributed by atoms with Crippen molar-refractivity contribution < 1.29 is 13.6 Å². The summed E-state index contributed by atoms with van der Waals surface area (Å²) in [5.74, 6) is -0.133. The smallest absolute Gasteiger partial charge is 0.315 e. The molecule has 2 amide bonds. The maximum atomic E-state index is 11.8. The molecule has 1 aromatic rings. The van der Waals surface area contributed by atoms with Gasteiger partial charge in [-0.2, -0.15) is 0 Å². The molecule has 1 rings (SSSR count). The summed E-state index contributed by atoms with van der Waals surface area (Å²) in [5, 5.41) is 8.48. The Morgan fingerprint density at radius 1 is 1.41 bits per heavy atom. The SMILES string of the molecule is CCCC[C@H](C)NC(=O)NCc1cccc(NCS(=O)[O-])c1. The number of amides is 2. The van der Waals surface area contributed by atoms with Crippen molar-refractivity contribution in [2.24, 2.45) is 0 Å². The average molecular weight is 326 g/mol. The fourth-order valence-electron chi connectivity index (χ4n) is 1.97. The molecule has 1 aromatic carbocycles. The molecule has 2 atom stereocenters. The van der Waals surface area contributed by atoms with Gasteiger partial charge in [0.15, 0.2) is 0 Å². The van der Waals surface area contributed by atoms with Crippen LogP contribution < -0.4 is 16.0 Å². The summed E-state index contributed by atoms with van der Waals surface area (Å²) in [6.45, 7) is 4.50. The third-order valence-corrected chi connectivity index (χ3v) is 3.52. The number of unbranched alkanes of at least 4 members (excludes halogenated alkanes) is 1. The van der Waals surface area contributed by atoms with E-state index in [2.05, 4.69) is 22.9 Å². The van der Waals surface area contributed by atoms with Gasteiger partial charge in [0.25, 0.3) is 0 Å². The molecular weight excluding hydrogens is 302 g/mol. The first kappa shape index (κ1) is 18.4. The maximum absolute atomic E-state index is 11.8. The number of rotatable bonds is 9. The van der Waals surface area contributed by atoms with E-state index in [1.165, 1.54) is 0 Å². The molecule has 0 spiro atoms. The van der Waals surface area contributed by atoms with Gasteiger partial charge in [0.1, 0.15) is 0 Å². The fourth-order valence-corrected chi connectivity index (χ4v) is 2.26. The molecule has 0 bridgehead atoms. The maximum Gasteiger partial charge on any atom is 0.315 e. The van der Waals surface area contributed by atoms with Crippen molar-refractivity contribution in [1.82, 2.24) is 10.6 Å². The molecule has 0 aliphatic rings. The highest BCUT2D eigenvalue weighted by molar-refractivity contribution is 7.79. The van der Waals surface area contributed by atoms with Crippen LogP contribution in [0.1, 0.15) is 38.7 Å². The lowest BCUT2D eigenvalue weighted by atomic mass is 10.1. The molecule has 1 unspecified atom stereocenters. The third kappa shape index (κ3) is 7.99. The van der Waals surface area contributed by atoms with Gasteiger partial charge in [-0.15, -0.1) is 0 Å². The van der Waals surface area contributed by atoms with Crippen LogP contribution in [0.15, 0.2) is 24.3 Å². The van der Waals surface area contributed by atoms with Crippen LogP contribution in [0.3, 0.4) is 0 Å². The summed E-state index contributed by atoms with van der Waals surface area (Å²) < 4.78 is 21.0. The van der Waals surface area contributed by atoms with Gasteiger partial charge in [0.05, 0.1) is 5.88 Å². The van der Waals surface area contributed by atoms with E-state index in [0.29, 0.717) is 12.2 Å². The third-order valence-electron chi connectivity index (χ3n) is 3.14. The summed E-state index contributed by atoms with van der Waals surface area (Å²) in [6, 6.07) is 7.24. The van der Waals surface area contributed by atoms with Gasteiger partial charge in [-0.1, -0.05) is 31.9 Å². The number of urea groups is 1. The molecule has 0 aromatic heterocycles. The zero-order valence-electron chi connectivity index (χ0n) is 13.1. The van der Waals surface area contributed by atoms with Crippen LogP contribution in [0.4, 0.5) is 10.5 Å². The van der Waals surface area contributed by atoms with Crippen molar-refractivity contribution in [3.05, 3.63) is 29.8 Å². The van der Waals surface area contributed by atoms with Crippen molar-refractivity contribution >= 4 is 22.8 Å². The molecule has 124 valence electrons. The van der Waals surface area contributed by atoms with Crippen LogP contribution in [0, 0.1) is 0 Å². The van der Waals surface area contributed by atoms with Gasteiger partial charge in [-0.25, -0.2) is 4.79 Å². The summed E-state index contributed by atoms with van der Waals surface area (Å²) in [6.07, 6.45) is 3.17. The Kier molecular flexibility index (Phi) is 8.54. The van der Waals surface area contributed by atoms with Gasteiger partial charge in [0, 0.05) is 18.3 Å². The Hall–Kier alpha value is -1.60. The highest BCUT2D eigenvalue weighted by Gasteiger charge is 2.06. The first-order chi connectivity index (χ1) is 10.5. The molecule has 0 saturated carbocycles. The van der Waals surface area contributed by atoms with Crippen LogP contribution in [-0.2, 0) is 17.6 Å². The molecule has 0 aliphatic carbocycles. The van der Waals surface area contributed by atoms with E-state index in [-0.39, 0.29) is 17.9 Å². The first-order valence-electron chi connectivity index (χ1n) is 7.44. The van der Waals surface area contributed by atoms with Crippen LogP contribution in [-0.4, -0.2) is 26.7 Å².